The van der Waals surface area contributed by atoms with Gasteiger partial charge in [-0.25, -0.2) is 4.39 Å². The molecular weight excluding hydrogens is 464 g/mol. The second-order valence-electron chi connectivity index (χ2n) is 7.24. The molecule has 0 spiro atoms. The molecule has 0 amide bonds. The van der Waals surface area contributed by atoms with Gasteiger partial charge < -0.3 is 9.47 Å². The van der Waals surface area contributed by atoms with Crippen molar-refractivity contribution in [3.63, 3.8) is 0 Å². The number of carbonyl (C=O) groups excluding carboxylic acids is 2. The van der Waals surface area contributed by atoms with E-state index < -0.39 is 24.0 Å². The summed E-state index contributed by atoms with van der Waals surface area (Å²) in [4.78, 5) is 26.6. The molecular formula is C20H25FINO4. The van der Waals surface area contributed by atoms with E-state index in [-0.39, 0.29) is 18.2 Å². The number of carbonyl (C=O) groups is 2. The second-order valence-corrected chi connectivity index (χ2v) is 8.40. The largest absolute Gasteiger partial charge is 0.466 e. The van der Waals surface area contributed by atoms with Crippen molar-refractivity contribution >= 4 is 34.3 Å². The first kappa shape index (κ1) is 20.7. The van der Waals surface area contributed by atoms with Crippen LogP contribution in [0, 0.1) is 21.2 Å². The van der Waals surface area contributed by atoms with Crippen molar-refractivity contribution in [2.75, 3.05) is 32.9 Å². The normalized spacial score (nSPS) is 23.7. The van der Waals surface area contributed by atoms with Crippen LogP contribution in [0.15, 0.2) is 12.1 Å². The number of ketones is 1. The van der Waals surface area contributed by atoms with Gasteiger partial charge in [0.2, 0.25) is 0 Å². The maximum atomic E-state index is 14.7. The van der Waals surface area contributed by atoms with Crippen molar-refractivity contribution in [2.24, 2.45) is 11.8 Å². The van der Waals surface area contributed by atoms with Crippen molar-refractivity contribution in [3.05, 3.63) is 32.6 Å². The minimum atomic E-state index is -0.622. The van der Waals surface area contributed by atoms with Gasteiger partial charge in [-0.05, 0) is 65.5 Å². The van der Waals surface area contributed by atoms with Crippen LogP contribution in [0.4, 0.5) is 4.39 Å². The lowest BCUT2D eigenvalue weighted by molar-refractivity contribution is -0.141. The van der Waals surface area contributed by atoms with E-state index in [4.69, 9.17) is 9.47 Å². The van der Waals surface area contributed by atoms with E-state index in [0.717, 1.165) is 25.1 Å². The van der Waals surface area contributed by atoms with Gasteiger partial charge in [0.1, 0.15) is 12.2 Å². The van der Waals surface area contributed by atoms with Crippen molar-refractivity contribution in [1.29, 1.82) is 0 Å². The van der Waals surface area contributed by atoms with Gasteiger partial charge in [0, 0.05) is 22.7 Å². The zero-order valence-electron chi connectivity index (χ0n) is 15.7. The zero-order chi connectivity index (χ0) is 19.6. The molecule has 1 aromatic rings. The lowest BCUT2D eigenvalue weighted by atomic mass is 9.95. The average molecular weight is 489 g/mol. The summed E-state index contributed by atoms with van der Waals surface area (Å²) < 4.78 is 25.4. The quantitative estimate of drug-likeness (QED) is 0.254. The molecule has 0 aromatic heterocycles. The Morgan fingerprint density at radius 1 is 1.37 bits per heavy atom. The summed E-state index contributed by atoms with van der Waals surface area (Å²) in [7, 11) is 0. The summed E-state index contributed by atoms with van der Waals surface area (Å²) in [5.41, 5.74) is 0.931. The Hall–Kier alpha value is -1.06. The van der Waals surface area contributed by atoms with Crippen molar-refractivity contribution < 1.29 is 23.5 Å². The van der Waals surface area contributed by atoms with E-state index in [0.29, 0.717) is 28.6 Å². The molecule has 2 aliphatic rings. The molecule has 2 unspecified atom stereocenters. The molecule has 3 atom stereocenters. The Morgan fingerprint density at radius 2 is 2.04 bits per heavy atom. The van der Waals surface area contributed by atoms with Gasteiger partial charge in [0.25, 0.3) is 0 Å². The third kappa shape index (κ3) is 4.86. The highest BCUT2D eigenvalue weighted by molar-refractivity contribution is 14.1. The molecule has 1 saturated carbocycles. The molecule has 7 heteroatoms. The molecule has 5 nitrogen and oxygen atoms in total. The molecule has 1 aromatic carbocycles. The smallest absolute Gasteiger partial charge is 0.313 e. The van der Waals surface area contributed by atoms with E-state index in [1.165, 1.54) is 0 Å². The maximum absolute atomic E-state index is 14.7. The van der Waals surface area contributed by atoms with Crippen molar-refractivity contribution in [2.45, 2.75) is 32.7 Å². The van der Waals surface area contributed by atoms with E-state index in [9.17, 15) is 14.0 Å². The zero-order valence-corrected chi connectivity index (χ0v) is 17.8. The Labute approximate surface area is 172 Å². The van der Waals surface area contributed by atoms with Gasteiger partial charge >= 0.3 is 5.97 Å². The minimum absolute atomic E-state index is 0.0171. The fourth-order valence-electron chi connectivity index (χ4n) is 3.80. The predicted octanol–water partition coefficient (Wildman–Crippen LogP) is 3.60. The van der Waals surface area contributed by atoms with Crippen LogP contribution in [0.5, 0.6) is 0 Å². The number of ether oxygens (including phenoxy) is 2. The van der Waals surface area contributed by atoms with Gasteiger partial charge in [-0.15, -0.1) is 0 Å². The van der Waals surface area contributed by atoms with E-state index in [1.54, 1.807) is 13.0 Å². The van der Waals surface area contributed by atoms with E-state index in [1.807, 2.05) is 28.7 Å². The monoisotopic (exact) mass is 489 g/mol. The highest BCUT2D eigenvalue weighted by atomic mass is 127. The molecule has 1 aliphatic carbocycles. The Morgan fingerprint density at radius 3 is 2.63 bits per heavy atom. The topological polar surface area (TPSA) is 55.8 Å². The van der Waals surface area contributed by atoms with Crippen LogP contribution >= 0.6 is 22.6 Å². The summed E-state index contributed by atoms with van der Waals surface area (Å²) in [6.45, 7) is 7.12. The summed E-state index contributed by atoms with van der Waals surface area (Å²) in [6.07, 6.45) is 0.689. The number of esters is 1. The van der Waals surface area contributed by atoms with Crippen LogP contribution in [0.25, 0.3) is 0 Å². The molecule has 1 aliphatic heterocycles. The van der Waals surface area contributed by atoms with Gasteiger partial charge in [0.15, 0.2) is 5.78 Å². The van der Waals surface area contributed by atoms with Gasteiger partial charge in [0.05, 0.1) is 25.4 Å². The average Bonchev–Trinajstić information content (AvgIpc) is 3.35. The van der Waals surface area contributed by atoms with Crippen LogP contribution in [-0.2, 0) is 14.3 Å². The predicted molar refractivity (Wildman–Crippen MR) is 107 cm³/mol. The number of nitrogens with zero attached hydrogens (tertiary/aromatic N) is 1. The lowest BCUT2D eigenvalue weighted by Crippen LogP contribution is -2.40. The molecule has 0 bridgehead atoms. The number of Topliss-reactive ketones (excluding diaryl/α,β-unsaturated/α-hetero) is 1. The van der Waals surface area contributed by atoms with Crippen LogP contribution in [-0.4, -0.2) is 49.6 Å². The van der Waals surface area contributed by atoms with E-state index in [2.05, 4.69) is 11.8 Å². The summed E-state index contributed by atoms with van der Waals surface area (Å²) in [5, 5.41) is 0. The Balaban J connectivity index is 1.90. The first-order valence-corrected chi connectivity index (χ1v) is 10.5. The lowest BCUT2D eigenvalue weighted by Gasteiger charge is -2.35. The standard InChI is InChI=1S/C20H25FINO4/c1-3-27-18(25)11-17(24)15-9-13(10-16(22)19(15)21)20(14-8-12(14)2)23-4-6-26-7-5-23/h9-10,12,14,20H,3-8,11H2,1-2H3/t12?,14-,20?/m0/s1. The second kappa shape index (κ2) is 8.96. The highest BCUT2D eigenvalue weighted by Gasteiger charge is 2.43. The molecule has 148 valence electrons. The third-order valence-corrected chi connectivity index (χ3v) is 6.10. The Kier molecular flexibility index (Phi) is 6.86. The molecule has 27 heavy (non-hydrogen) atoms. The fraction of sp³-hybridized carbons (Fsp3) is 0.600. The molecule has 0 radical (unpaired) electrons. The highest BCUT2D eigenvalue weighted by Crippen LogP contribution is 2.50. The Bertz CT molecular complexity index is 720. The first-order chi connectivity index (χ1) is 12.9. The first-order valence-electron chi connectivity index (χ1n) is 9.42. The van der Waals surface area contributed by atoms with Crippen LogP contribution < -0.4 is 0 Å². The maximum Gasteiger partial charge on any atom is 0.313 e. The fourth-order valence-corrected chi connectivity index (χ4v) is 4.45. The molecule has 0 N–H and O–H groups in total. The number of hydrogen-bond acceptors (Lipinski definition) is 5. The third-order valence-electron chi connectivity index (χ3n) is 5.32. The number of morpholine rings is 1. The van der Waals surface area contributed by atoms with Crippen molar-refractivity contribution in [1.82, 2.24) is 4.90 Å². The van der Waals surface area contributed by atoms with Crippen LogP contribution in [0.2, 0.25) is 0 Å². The molecule has 2 fully saturated rings. The van der Waals surface area contributed by atoms with Crippen LogP contribution in [0.1, 0.15) is 48.7 Å². The number of halogens is 2. The summed E-state index contributed by atoms with van der Waals surface area (Å²) in [5.74, 6) is -0.604. The summed E-state index contributed by atoms with van der Waals surface area (Å²) in [6, 6.07) is 3.62. The van der Waals surface area contributed by atoms with Crippen LogP contribution in [0.3, 0.4) is 0 Å². The van der Waals surface area contributed by atoms with E-state index >= 15 is 0 Å². The molecule has 1 saturated heterocycles. The molecule has 1 heterocycles. The minimum Gasteiger partial charge on any atom is -0.466 e. The number of rotatable bonds is 7. The van der Waals surface area contributed by atoms with Crippen molar-refractivity contribution in [3.8, 4) is 0 Å². The SMILES string of the molecule is CCOC(=O)CC(=O)c1cc(C([C@H]2CC2C)N2CCOCC2)cc(I)c1F. The van der Waals surface area contributed by atoms with Gasteiger partial charge in [-0.1, -0.05) is 6.92 Å². The van der Waals surface area contributed by atoms with Gasteiger partial charge in [-0.3, -0.25) is 14.5 Å². The number of benzene rings is 1. The van der Waals surface area contributed by atoms with Gasteiger partial charge in [-0.2, -0.15) is 0 Å². The summed E-state index contributed by atoms with van der Waals surface area (Å²) >= 11 is 1.93. The molecule has 3 rings (SSSR count). The number of hydrogen-bond donors (Lipinski definition) is 0.